The number of likely N-dealkylation sites (N-methyl/N-ethyl adjacent to an activating group) is 1. The number of nitrogens with zero attached hydrogens (tertiary/aromatic N) is 1. The third kappa shape index (κ3) is 4.20. The maximum Gasteiger partial charge on any atom is 0.267 e. The van der Waals surface area contributed by atoms with Gasteiger partial charge in [0.25, 0.3) is 5.91 Å². The van der Waals surface area contributed by atoms with E-state index in [1.54, 1.807) is 19.2 Å². The number of hydrogen-bond acceptors (Lipinski definition) is 4. The van der Waals surface area contributed by atoms with Crippen LogP contribution in [0.15, 0.2) is 48.5 Å². The first-order chi connectivity index (χ1) is 12.4. The van der Waals surface area contributed by atoms with Crippen molar-refractivity contribution in [1.82, 2.24) is 4.72 Å². The number of fused-ring (bicyclic) bond motifs is 1. The van der Waals surface area contributed by atoms with Gasteiger partial charge in [0.2, 0.25) is 10.0 Å². The summed E-state index contributed by atoms with van der Waals surface area (Å²) in [5, 5.41) is 0. The molecule has 8 heteroatoms. The lowest BCUT2D eigenvalue weighted by Crippen LogP contribution is -2.45. The number of amides is 1. The summed E-state index contributed by atoms with van der Waals surface area (Å²) >= 11 is 0. The van der Waals surface area contributed by atoms with Crippen molar-refractivity contribution in [3.8, 4) is 5.75 Å². The Labute approximate surface area is 151 Å². The molecule has 1 atom stereocenters. The van der Waals surface area contributed by atoms with Crippen molar-refractivity contribution in [1.29, 1.82) is 0 Å². The Morgan fingerprint density at radius 1 is 1.15 bits per heavy atom. The van der Waals surface area contributed by atoms with Crippen LogP contribution in [0.4, 0.5) is 10.1 Å². The number of sulfonamides is 1. The number of halogens is 1. The summed E-state index contributed by atoms with van der Waals surface area (Å²) in [6.45, 7) is 0.0654. The quantitative estimate of drug-likeness (QED) is 0.835. The molecular weight excluding hydrogens is 359 g/mol. The van der Waals surface area contributed by atoms with E-state index in [9.17, 15) is 17.6 Å². The fourth-order valence-corrected chi connectivity index (χ4v) is 3.91. The van der Waals surface area contributed by atoms with Crippen molar-refractivity contribution >= 4 is 21.6 Å². The van der Waals surface area contributed by atoms with Crippen molar-refractivity contribution in [2.75, 3.05) is 18.5 Å². The van der Waals surface area contributed by atoms with Crippen LogP contribution in [0, 0.1) is 5.82 Å². The van der Waals surface area contributed by atoms with Gasteiger partial charge >= 0.3 is 0 Å². The summed E-state index contributed by atoms with van der Waals surface area (Å²) in [6, 6.07) is 12.5. The first-order valence-corrected chi connectivity index (χ1v) is 9.76. The number of carbonyl (C=O) groups is 1. The van der Waals surface area contributed by atoms with Crippen LogP contribution in [-0.4, -0.2) is 34.0 Å². The lowest BCUT2D eigenvalue weighted by atomic mass is 10.1. The molecule has 1 heterocycles. The molecule has 6 nitrogen and oxygen atoms in total. The average Bonchev–Trinajstić information content (AvgIpc) is 2.61. The van der Waals surface area contributed by atoms with Gasteiger partial charge in [-0.25, -0.2) is 17.5 Å². The zero-order valence-corrected chi connectivity index (χ0v) is 15.0. The van der Waals surface area contributed by atoms with Crippen LogP contribution in [0.1, 0.15) is 12.0 Å². The molecule has 0 fully saturated rings. The highest BCUT2D eigenvalue weighted by molar-refractivity contribution is 7.88. The second-order valence-electron chi connectivity index (χ2n) is 6.04. The maximum absolute atomic E-state index is 12.9. The Bertz CT molecular complexity index is 900. The predicted molar refractivity (Wildman–Crippen MR) is 95.9 cm³/mol. The maximum atomic E-state index is 12.9. The summed E-state index contributed by atoms with van der Waals surface area (Å²) in [4.78, 5) is 13.9. The molecule has 1 aliphatic rings. The van der Waals surface area contributed by atoms with Crippen molar-refractivity contribution in [2.45, 2.75) is 18.3 Å². The van der Waals surface area contributed by atoms with Crippen molar-refractivity contribution in [2.24, 2.45) is 0 Å². The Morgan fingerprint density at radius 3 is 2.58 bits per heavy atom. The van der Waals surface area contributed by atoms with Crippen LogP contribution in [-0.2, 0) is 20.6 Å². The van der Waals surface area contributed by atoms with Gasteiger partial charge in [-0.15, -0.1) is 0 Å². The van der Waals surface area contributed by atoms with E-state index in [4.69, 9.17) is 4.74 Å². The lowest BCUT2D eigenvalue weighted by Gasteiger charge is -2.31. The van der Waals surface area contributed by atoms with Gasteiger partial charge in [0.15, 0.2) is 6.10 Å². The van der Waals surface area contributed by atoms with Gasteiger partial charge in [-0.2, -0.15) is 0 Å². The molecule has 0 aliphatic carbocycles. The van der Waals surface area contributed by atoms with E-state index in [-0.39, 0.29) is 24.6 Å². The number of ether oxygens (including phenoxy) is 1. The minimum atomic E-state index is -3.59. The molecule has 0 radical (unpaired) electrons. The van der Waals surface area contributed by atoms with Crippen molar-refractivity contribution in [3.05, 3.63) is 59.9 Å². The summed E-state index contributed by atoms with van der Waals surface area (Å²) in [7, 11) is -1.93. The van der Waals surface area contributed by atoms with Crippen molar-refractivity contribution < 1.29 is 22.3 Å². The fraction of sp³-hybridized carbons (Fsp3) is 0.278. The fourth-order valence-electron chi connectivity index (χ4n) is 2.75. The van der Waals surface area contributed by atoms with Gasteiger partial charge in [0.1, 0.15) is 11.6 Å². The number of anilines is 1. The molecule has 0 aromatic heterocycles. The van der Waals surface area contributed by atoms with Crippen LogP contribution >= 0.6 is 0 Å². The normalized spacial score (nSPS) is 16.9. The average molecular weight is 378 g/mol. The molecule has 26 heavy (non-hydrogen) atoms. The highest BCUT2D eigenvalue weighted by Crippen LogP contribution is 2.33. The minimum absolute atomic E-state index is 0.0654. The molecule has 138 valence electrons. The zero-order valence-electron chi connectivity index (χ0n) is 14.2. The number of para-hydroxylation sites is 2. The van der Waals surface area contributed by atoms with E-state index in [0.29, 0.717) is 17.0 Å². The number of rotatable bonds is 6. The molecule has 1 unspecified atom stereocenters. The third-order valence-corrected chi connectivity index (χ3v) is 5.46. The van der Waals surface area contributed by atoms with E-state index < -0.39 is 21.9 Å². The number of hydrogen-bond donors (Lipinski definition) is 1. The van der Waals surface area contributed by atoms with Crippen LogP contribution in [0.5, 0.6) is 5.75 Å². The number of carbonyl (C=O) groups excluding carboxylic acids is 1. The molecule has 3 rings (SSSR count). The first-order valence-electron chi connectivity index (χ1n) is 8.11. The molecule has 2 aromatic carbocycles. The smallest absolute Gasteiger partial charge is 0.267 e. The lowest BCUT2D eigenvalue weighted by molar-refractivity contribution is -0.126. The molecule has 0 spiro atoms. The van der Waals surface area contributed by atoms with Crippen LogP contribution < -0.4 is 14.4 Å². The Hall–Kier alpha value is -2.45. The van der Waals surface area contributed by atoms with Crippen molar-refractivity contribution in [3.63, 3.8) is 0 Å². The minimum Gasteiger partial charge on any atom is -0.478 e. The molecule has 0 saturated carbocycles. The largest absolute Gasteiger partial charge is 0.478 e. The van der Waals surface area contributed by atoms with Gasteiger partial charge in [-0.05, 0) is 29.8 Å². The van der Waals surface area contributed by atoms with E-state index in [1.165, 1.54) is 29.2 Å². The molecule has 0 bridgehead atoms. The third-order valence-electron chi connectivity index (χ3n) is 4.10. The summed E-state index contributed by atoms with van der Waals surface area (Å²) < 4.78 is 45.3. The Kier molecular flexibility index (Phi) is 5.24. The number of benzene rings is 2. The van der Waals surface area contributed by atoms with Gasteiger partial charge in [-0.1, -0.05) is 24.3 Å². The molecule has 1 amide bonds. The monoisotopic (exact) mass is 378 g/mol. The standard InChI is InChI=1S/C18H19FN2O4S/c1-21-15-4-2-3-5-16(15)25-17(18(21)22)10-11-20-26(23,24)12-13-6-8-14(19)9-7-13/h2-9,17,20H,10-12H2,1H3. The predicted octanol–water partition coefficient (Wildman–Crippen LogP) is 2.06. The van der Waals surface area contributed by atoms with Gasteiger partial charge in [0.05, 0.1) is 11.4 Å². The topological polar surface area (TPSA) is 75.7 Å². The van der Waals surface area contributed by atoms with E-state index in [0.717, 1.165) is 0 Å². The van der Waals surface area contributed by atoms with Gasteiger partial charge < -0.3 is 9.64 Å². The molecule has 2 aromatic rings. The van der Waals surface area contributed by atoms with E-state index in [2.05, 4.69) is 4.72 Å². The summed E-state index contributed by atoms with van der Waals surface area (Å²) in [5.74, 6) is -0.304. The molecular formula is C18H19FN2O4S. The first kappa shape index (κ1) is 18.3. The SMILES string of the molecule is CN1C(=O)C(CCNS(=O)(=O)Cc2ccc(F)cc2)Oc2ccccc21. The summed E-state index contributed by atoms with van der Waals surface area (Å²) in [5.41, 5.74) is 1.17. The number of nitrogens with one attached hydrogen (secondary N) is 1. The molecule has 0 saturated heterocycles. The van der Waals surface area contributed by atoms with E-state index in [1.807, 2.05) is 12.1 Å². The molecule has 1 N–H and O–H groups in total. The van der Waals surface area contributed by atoms with E-state index >= 15 is 0 Å². The van der Waals surface area contributed by atoms with Gasteiger partial charge in [0, 0.05) is 20.0 Å². The summed E-state index contributed by atoms with van der Waals surface area (Å²) in [6.07, 6.45) is -0.538. The second-order valence-corrected chi connectivity index (χ2v) is 7.85. The Balaban J connectivity index is 1.57. The highest BCUT2D eigenvalue weighted by atomic mass is 32.2. The zero-order chi connectivity index (χ0) is 18.7. The highest BCUT2D eigenvalue weighted by Gasteiger charge is 2.31. The van der Waals surface area contributed by atoms with Crippen LogP contribution in [0.3, 0.4) is 0 Å². The molecule has 1 aliphatic heterocycles. The van der Waals surface area contributed by atoms with Crippen LogP contribution in [0.2, 0.25) is 0 Å². The Morgan fingerprint density at radius 2 is 1.85 bits per heavy atom. The van der Waals surface area contributed by atoms with Gasteiger partial charge in [-0.3, -0.25) is 4.79 Å². The van der Waals surface area contributed by atoms with Crippen LogP contribution in [0.25, 0.3) is 0 Å². The second kappa shape index (κ2) is 7.43.